The second-order valence-corrected chi connectivity index (χ2v) is 8.43. The Kier molecular flexibility index (Phi) is 3.34. The summed E-state index contributed by atoms with van der Waals surface area (Å²) in [7, 11) is 0. The van der Waals surface area contributed by atoms with E-state index in [9.17, 15) is 0 Å². The van der Waals surface area contributed by atoms with Crippen molar-refractivity contribution in [1.29, 1.82) is 0 Å². The molecule has 0 amide bonds. The second-order valence-electron chi connectivity index (χ2n) is 7.57. The molecule has 4 rings (SSSR count). The molecule has 0 radical (unpaired) electrons. The van der Waals surface area contributed by atoms with Crippen molar-refractivity contribution in [3.05, 3.63) is 35.7 Å². The number of fused-ring (bicyclic) bond motifs is 2. The Balaban J connectivity index is 1.53. The zero-order valence-corrected chi connectivity index (χ0v) is 14.8. The molecule has 2 aliphatic carbocycles. The molecule has 0 unspecified atom stereocenters. The van der Waals surface area contributed by atoms with Crippen molar-refractivity contribution in [2.24, 2.45) is 21.8 Å². The zero-order valence-electron chi connectivity index (χ0n) is 14.0. The van der Waals surface area contributed by atoms with E-state index >= 15 is 0 Å². The van der Waals surface area contributed by atoms with Crippen molar-refractivity contribution in [3.63, 3.8) is 0 Å². The van der Waals surface area contributed by atoms with Gasteiger partial charge in [0.1, 0.15) is 0 Å². The van der Waals surface area contributed by atoms with Gasteiger partial charge in [-0.2, -0.15) is 5.10 Å². The molecule has 2 aromatic rings. The number of hydrazone groups is 1. The van der Waals surface area contributed by atoms with E-state index in [1.165, 1.54) is 18.6 Å². The van der Waals surface area contributed by atoms with E-state index in [1.54, 1.807) is 11.3 Å². The lowest BCUT2D eigenvalue weighted by atomic mass is 9.70. The lowest BCUT2D eigenvalue weighted by Crippen LogP contribution is -2.32. The lowest BCUT2D eigenvalue weighted by molar-refractivity contribution is 0.194. The number of thiazole rings is 1. The van der Waals surface area contributed by atoms with Gasteiger partial charge in [-0.15, -0.1) is 11.3 Å². The van der Waals surface area contributed by atoms with Gasteiger partial charge >= 0.3 is 0 Å². The molecule has 2 saturated carbocycles. The summed E-state index contributed by atoms with van der Waals surface area (Å²) in [6.45, 7) is 7.20. The minimum Gasteiger partial charge on any atom is -0.253 e. The normalized spacial score (nSPS) is 30.0. The molecule has 4 heteroatoms. The summed E-state index contributed by atoms with van der Waals surface area (Å²) in [6, 6.07) is 10.3. The Hall–Kier alpha value is -1.68. The number of benzene rings is 1. The summed E-state index contributed by atoms with van der Waals surface area (Å²) >= 11 is 1.62. The van der Waals surface area contributed by atoms with Crippen LogP contribution in [0.1, 0.15) is 40.0 Å². The molecule has 1 aromatic carbocycles. The predicted octanol–water partition coefficient (Wildman–Crippen LogP) is 5.42. The largest absolute Gasteiger partial charge is 0.253 e. The minimum absolute atomic E-state index is 0.240. The summed E-state index contributed by atoms with van der Waals surface area (Å²) in [5.41, 5.74) is 7.32. The predicted molar refractivity (Wildman–Crippen MR) is 97.8 cm³/mol. The third-order valence-corrected chi connectivity index (χ3v) is 7.12. The first-order valence-corrected chi connectivity index (χ1v) is 9.23. The van der Waals surface area contributed by atoms with Crippen LogP contribution in [-0.2, 0) is 0 Å². The van der Waals surface area contributed by atoms with Gasteiger partial charge in [-0.25, -0.2) is 4.98 Å². The average molecular weight is 325 g/mol. The number of nitrogens with one attached hydrogen (secondary N) is 1. The van der Waals surface area contributed by atoms with Crippen molar-refractivity contribution in [1.82, 2.24) is 4.98 Å². The number of aromatic nitrogens is 1. The van der Waals surface area contributed by atoms with Crippen molar-refractivity contribution < 1.29 is 0 Å². The van der Waals surface area contributed by atoms with E-state index in [4.69, 9.17) is 5.10 Å². The van der Waals surface area contributed by atoms with Gasteiger partial charge in [0.15, 0.2) is 0 Å². The van der Waals surface area contributed by atoms with Crippen LogP contribution in [0.25, 0.3) is 11.3 Å². The van der Waals surface area contributed by atoms with Gasteiger partial charge in [0.2, 0.25) is 5.13 Å². The maximum atomic E-state index is 4.77. The molecule has 2 atom stereocenters. The molecule has 23 heavy (non-hydrogen) atoms. The maximum Gasteiger partial charge on any atom is 0.203 e. The average Bonchev–Trinajstić information content (AvgIpc) is 3.16. The Labute approximate surface area is 141 Å². The molecule has 3 nitrogen and oxygen atoms in total. The summed E-state index contributed by atoms with van der Waals surface area (Å²) in [4.78, 5) is 4.66. The fraction of sp³-hybridized carbons (Fsp3) is 0.474. The minimum atomic E-state index is 0.240. The molecule has 1 heterocycles. The van der Waals surface area contributed by atoms with Crippen molar-refractivity contribution >= 4 is 22.2 Å². The summed E-state index contributed by atoms with van der Waals surface area (Å²) in [5, 5.41) is 7.73. The van der Waals surface area contributed by atoms with Crippen LogP contribution in [0.5, 0.6) is 0 Å². The van der Waals surface area contributed by atoms with Crippen LogP contribution in [0.2, 0.25) is 0 Å². The van der Waals surface area contributed by atoms with Crippen molar-refractivity contribution in [3.8, 4) is 11.3 Å². The summed E-state index contributed by atoms with van der Waals surface area (Å²) in [5.74, 6) is 0.782. The highest BCUT2D eigenvalue weighted by Crippen LogP contribution is 2.63. The van der Waals surface area contributed by atoms with E-state index in [0.717, 1.165) is 28.7 Å². The van der Waals surface area contributed by atoms with Gasteiger partial charge in [-0.3, -0.25) is 5.43 Å². The fourth-order valence-electron chi connectivity index (χ4n) is 4.28. The van der Waals surface area contributed by atoms with Crippen LogP contribution in [0.4, 0.5) is 5.13 Å². The van der Waals surface area contributed by atoms with Gasteiger partial charge in [-0.05, 0) is 30.6 Å². The Bertz CT molecular complexity index is 747. The number of rotatable bonds is 3. The van der Waals surface area contributed by atoms with Gasteiger partial charge < -0.3 is 0 Å². The van der Waals surface area contributed by atoms with Crippen LogP contribution < -0.4 is 5.43 Å². The smallest absolute Gasteiger partial charge is 0.203 e. The lowest BCUT2D eigenvalue weighted by Gasteiger charge is -2.34. The Morgan fingerprint density at radius 3 is 2.65 bits per heavy atom. The molecule has 0 spiro atoms. The van der Waals surface area contributed by atoms with Crippen molar-refractivity contribution in [2.75, 3.05) is 5.43 Å². The maximum absolute atomic E-state index is 4.77. The highest BCUT2D eigenvalue weighted by molar-refractivity contribution is 7.14. The van der Waals surface area contributed by atoms with Gasteiger partial charge in [0.05, 0.1) is 5.69 Å². The van der Waals surface area contributed by atoms with Gasteiger partial charge in [0.25, 0.3) is 0 Å². The second kappa shape index (κ2) is 5.17. The summed E-state index contributed by atoms with van der Waals surface area (Å²) < 4.78 is 0. The first-order chi connectivity index (χ1) is 11.0. The zero-order chi connectivity index (χ0) is 16.1. The first-order valence-electron chi connectivity index (χ1n) is 8.35. The molecule has 2 fully saturated rings. The molecule has 0 aliphatic heterocycles. The van der Waals surface area contributed by atoms with E-state index in [0.29, 0.717) is 5.41 Å². The van der Waals surface area contributed by atoms with Crippen LogP contribution >= 0.6 is 11.3 Å². The molecular formula is C19H23N3S. The fourth-order valence-corrected chi connectivity index (χ4v) is 4.94. The molecule has 2 aliphatic rings. The topological polar surface area (TPSA) is 37.3 Å². The van der Waals surface area contributed by atoms with E-state index in [2.05, 4.69) is 48.7 Å². The number of anilines is 1. The Morgan fingerprint density at radius 2 is 2.00 bits per heavy atom. The van der Waals surface area contributed by atoms with E-state index in [1.807, 2.05) is 18.2 Å². The van der Waals surface area contributed by atoms with Crippen LogP contribution in [-0.4, -0.2) is 10.7 Å². The monoisotopic (exact) mass is 325 g/mol. The number of hydrogen-bond donors (Lipinski definition) is 1. The molecule has 2 bridgehead atoms. The summed E-state index contributed by atoms with van der Waals surface area (Å²) in [6.07, 6.45) is 3.74. The van der Waals surface area contributed by atoms with Crippen molar-refractivity contribution in [2.45, 2.75) is 40.0 Å². The number of hydrogen-bond acceptors (Lipinski definition) is 4. The van der Waals surface area contributed by atoms with E-state index < -0.39 is 0 Å². The van der Waals surface area contributed by atoms with Crippen LogP contribution in [0, 0.1) is 16.7 Å². The molecule has 1 N–H and O–H groups in total. The van der Waals surface area contributed by atoms with Gasteiger partial charge in [-0.1, -0.05) is 51.1 Å². The first kappa shape index (κ1) is 14.9. The third-order valence-electron chi connectivity index (χ3n) is 6.37. The SMILES string of the molecule is CC1(C)[C@@H]2CC[C@@]1(C)/C(=N\Nc1nc(-c3ccccc3)cs1)C2. The Morgan fingerprint density at radius 1 is 1.22 bits per heavy atom. The van der Waals surface area contributed by atoms with Crippen LogP contribution in [0.15, 0.2) is 40.8 Å². The number of nitrogens with zero attached hydrogens (tertiary/aromatic N) is 2. The highest BCUT2D eigenvalue weighted by atomic mass is 32.1. The third kappa shape index (κ3) is 2.23. The van der Waals surface area contributed by atoms with E-state index in [-0.39, 0.29) is 5.41 Å². The molecule has 1 aromatic heterocycles. The standard InChI is InChI=1S/C19H23N3S/c1-18(2)14-9-10-19(18,3)16(11-14)21-22-17-20-15(12-23-17)13-7-5-4-6-8-13/h4-8,12,14H,9-11H2,1-3H3,(H,20,22)/b21-16-/t14-,19+/m1/s1. The molecule has 120 valence electrons. The highest BCUT2D eigenvalue weighted by Gasteiger charge is 2.59. The molecule has 0 saturated heterocycles. The quantitative estimate of drug-likeness (QED) is 0.765. The van der Waals surface area contributed by atoms with Crippen LogP contribution in [0.3, 0.4) is 0 Å². The molecular weight excluding hydrogens is 302 g/mol. The van der Waals surface area contributed by atoms with Gasteiger partial charge in [0, 0.05) is 22.1 Å².